The van der Waals surface area contributed by atoms with Crippen LogP contribution in [0.3, 0.4) is 0 Å². The van der Waals surface area contributed by atoms with Crippen molar-refractivity contribution in [3.05, 3.63) is 42.5 Å². The van der Waals surface area contributed by atoms with Crippen molar-refractivity contribution in [2.45, 2.75) is 6.10 Å². The van der Waals surface area contributed by atoms with E-state index < -0.39 is 18.0 Å². The standard InChI is InChI=1S/C11H19N3O.C4H4O4/c1-13(8-11(15)9-14(2)12)10-6-4-3-5-7-10;5-3(6)1-2-4(7)8/h3-7,11,15H,8-9,12H2,1-2H3;1-2H,(H,5,6)(H,7,8)/b;2-1+. The van der Waals surface area contributed by atoms with E-state index in [9.17, 15) is 14.7 Å². The van der Waals surface area contributed by atoms with Gasteiger partial charge in [0.05, 0.1) is 6.10 Å². The third-order valence-electron chi connectivity index (χ3n) is 2.55. The first kappa shape index (κ1) is 20.6. The van der Waals surface area contributed by atoms with Gasteiger partial charge in [-0.1, -0.05) is 18.2 Å². The van der Waals surface area contributed by atoms with Crippen LogP contribution in [0, 0.1) is 0 Å². The van der Waals surface area contributed by atoms with Crippen molar-refractivity contribution in [1.29, 1.82) is 0 Å². The first-order valence-electron chi connectivity index (χ1n) is 6.76. The number of para-hydroxylation sites is 1. The van der Waals surface area contributed by atoms with Crippen molar-refractivity contribution in [1.82, 2.24) is 5.01 Å². The summed E-state index contributed by atoms with van der Waals surface area (Å²) in [4.78, 5) is 21.1. The van der Waals surface area contributed by atoms with Gasteiger partial charge in [0, 0.05) is 45.0 Å². The highest BCUT2D eigenvalue weighted by Gasteiger charge is 2.09. The van der Waals surface area contributed by atoms with Gasteiger partial charge in [-0.25, -0.2) is 14.6 Å². The van der Waals surface area contributed by atoms with Crippen LogP contribution in [0.15, 0.2) is 42.5 Å². The van der Waals surface area contributed by atoms with E-state index >= 15 is 0 Å². The van der Waals surface area contributed by atoms with Crippen LogP contribution < -0.4 is 10.7 Å². The molecule has 0 spiro atoms. The summed E-state index contributed by atoms with van der Waals surface area (Å²) in [5.41, 5.74) is 1.09. The molecular formula is C15H23N3O5. The molecule has 0 amide bonds. The van der Waals surface area contributed by atoms with Crippen LogP contribution in [0.1, 0.15) is 0 Å². The Morgan fingerprint density at radius 1 is 1.09 bits per heavy atom. The molecular weight excluding hydrogens is 302 g/mol. The van der Waals surface area contributed by atoms with E-state index in [1.54, 1.807) is 7.05 Å². The highest BCUT2D eigenvalue weighted by atomic mass is 16.4. The smallest absolute Gasteiger partial charge is 0.328 e. The maximum absolute atomic E-state index is 9.69. The van der Waals surface area contributed by atoms with E-state index in [-0.39, 0.29) is 0 Å². The summed E-state index contributed by atoms with van der Waals surface area (Å²) in [7, 11) is 3.70. The molecule has 0 bridgehead atoms. The molecule has 1 atom stereocenters. The average molecular weight is 325 g/mol. The van der Waals surface area contributed by atoms with Crippen LogP contribution in [-0.2, 0) is 9.59 Å². The predicted molar refractivity (Wildman–Crippen MR) is 86.9 cm³/mol. The molecule has 0 aliphatic carbocycles. The molecule has 1 unspecified atom stereocenters. The Morgan fingerprint density at radius 3 is 1.96 bits per heavy atom. The third-order valence-corrected chi connectivity index (χ3v) is 2.55. The summed E-state index contributed by atoms with van der Waals surface area (Å²) < 4.78 is 0. The Balaban J connectivity index is 0.000000515. The van der Waals surface area contributed by atoms with Gasteiger partial charge in [0.15, 0.2) is 0 Å². The van der Waals surface area contributed by atoms with E-state index in [1.807, 2.05) is 42.3 Å². The average Bonchev–Trinajstić information content (AvgIpc) is 2.45. The van der Waals surface area contributed by atoms with Crippen molar-refractivity contribution in [2.24, 2.45) is 5.84 Å². The first-order valence-corrected chi connectivity index (χ1v) is 6.76. The molecule has 0 aliphatic rings. The van der Waals surface area contributed by atoms with Crippen LogP contribution in [0.2, 0.25) is 0 Å². The zero-order chi connectivity index (χ0) is 17.8. The van der Waals surface area contributed by atoms with E-state index in [2.05, 4.69) is 0 Å². The number of aliphatic hydroxyl groups excluding tert-OH is 1. The van der Waals surface area contributed by atoms with Crippen LogP contribution in [-0.4, -0.2) is 65.6 Å². The van der Waals surface area contributed by atoms with Gasteiger partial charge in [-0.2, -0.15) is 0 Å². The Hall–Kier alpha value is -2.42. The molecule has 128 valence electrons. The van der Waals surface area contributed by atoms with Crippen molar-refractivity contribution in [2.75, 3.05) is 32.1 Å². The summed E-state index contributed by atoms with van der Waals surface area (Å²) in [5.74, 6) is 2.95. The molecule has 0 heterocycles. The van der Waals surface area contributed by atoms with Crippen molar-refractivity contribution in [3.63, 3.8) is 0 Å². The lowest BCUT2D eigenvalue weighted by Crippen LogP contribution is -2.40. The molecule has 1 rings (SSSR count). The SMILES string of the molecule is CN(N)CC(O)CN(C)c1ccccc1.O=C(O)/C=C/C(=O)O. The Kier molecular flexibility index (Phi) is 10.0. The monoisotopic (exact) mass is 325 g/mol. The number of carboxylic acid groups (broad SMARTS) is 2. The van der Waals surface area contributed by atoms with Crippen LogP contribution in [0.25, 0.3) is 0 Å². The van der Waals surface area contributed by atoms with Gasteiger partial charge in [0.2, 0.25) is 0 Å². The van der Waals surface area contributed by atoms with Gasteiger partial charge in [-0.05, 0) is 12.1 Å². The van der Waals surface area contributed by atoms with Crippen LogP contribution >= 0.6 is 0 Å². The lowest BCUT2D eigenvalue weighted by atomic mass is 10.2. The van der Waals surface area contributed by atoms with Crippen molar-refractivity contribution < 1.29 is 24.9 Å². The van der Waals surface area contributed by atoms with Gasteiger partial charge in [-0.3, -0.25) is 5.84 Å². The maximum atomic E-state index is 9.69. The van der Waals surface area contributed by atoms with E-state index in [1.165, 1.54) is 5.01 Å². The number of anilines is 1. The lowest BCUT2D eigenvalue weighted by Gasteiger charge is -2.24. The van der Waals surface area contributed by atoms with Gasteiger partial charge >= 0.3 is 11.9 Å². The summed E-state index contributed by atoms with van der Waals surface area (Å²) in [5, 5.41) is 26.8. The normalized spacial score (nSPS) is 11.7. The fourth-order valence-electron chi connectivity index (χ4n) is 1.64. The molecule has 1 aromatic carbocycles. The first-order chi connectivity index (χ1) is 10.7. The molecule has 0 saturated carbocycles. The molecule has 8 nitrogen and oxygen atoms in total. The Morgan fingerprint density at radius 2 is 1.57 bits per heavy atom. The lowest BCUT2D eigenvalue weighted by molar-refractivity contribution is -0.134. The number of rotatable bonds is 7. The highest BCUT2D eigenvalue weighted by molar-refractivity contribution is 5.89. The van der Waals surface area contributed by atoms with Crippen molar-refractivity contribution >= 4 is 17.6 Å². The minimum absolute atomic E-state index is 0.440. The van der Waals surface area contributed by atoms with E-state index in [0.29, 0.717) is 25.2 Å². The summed E-state index contributed by atoms with van der Waals surface area (Å²) in [6, 6.07) is 9.96. The molecule has 1 aromatic rings. The molecule has 0 saturated heterocycles. The topological polar surface area (TPSA) is 127 Å². The summed E-state index contributed by atoms with van der Waals surface area (Å²) in [6.45, 7) is 1.04. The summed E-state index contributed by atoms with van der Waals surface area (Å²) in [6.07, 6.45) is 0.676. The Labute approximate surface area is 135 Å². The zero-order valence-electron chi connectivity index (χ0n) is 13.2. The zero-order valence-corrected chi connectivity index (χ0v) is 13.2. The van der Waals surface area contributed by atoms with Crippen LogP contribution in [0.4, 0.5) is 5.69 Å². The number of hydrazine groups is 1. The van der Waals surface area contributed by atoms with E-state index in [4.69, 9.17) is 16.1 Å². The number of nitrogens with zero attached hydrogens (tertiary/aromatic N) is 2. The number of nitrogens with two attached hydrogens (primary N) is 1. The number of hydrogen-bond donors (Lipinski definition) is 4. The number of carbonyl (C=O) groups is 2. The maximum Gasteiger partial charge on any atom is 0.328 e. The molecule has 5 N–H and O–H groups in total. The molecule has 8 heteroatoms. The van der Waals surface area contributed by atoms with Crippen LogP contribution in [0.5, 0.6) is 0 Å². The van der Waals surface area contributed by atoms with Gasteiger partial charge in [0.1, 0.15) is 0 Å². The second-order valence-corrected chi connectivity index (χ2v) is 4.82. The highest BCUT2D eigenvalue weighted by Crippen LogP contribution is 2.10. The quantitative estimate of drug-likeness (QED) is 0.313. The predicted octanol–water partition coefficient (Wildman–Crippen LogP) is 0.00100. The Bertz CT molecular complexity index is 489. The summed E-state index contributed by atoms with van der Waals surface area (Å²) >= 11 is 0. The number of benzene rings is 1. The van der Waals surface area contributed by atoms with Gasteiger partial charge in [-0.15, -0.1) is 0 Å². The van der Waals surface area contributed by atoms with Crippen molar-refractivity contribution in [3.8, 4) is 0 Å². The van der Waals surface area contributed by atoms with Gasteiger partial charge in [0.25, 0.3) is 0 Å². The molecule has 0 aliphatic heterocycles. The third kappa shape index (κ3) is 11.9. The number of hydrogen-bond acceptors (Lipinski definition) is 6. The molecule has 0 fully saturated rings. The second-order valence-electron chi connectivity index (χ2n) is 4.82. The number of likely N-dealkylation sites (N-methyl/N-ethyl adjacent to an activating group) is 2. The molecule has 23 heavy (non-hydrogen) atoms. The number of aliphatic carboxylic acids is 2. The van der Waals surface area contributed by atoms with Gasteiger partial charge < -0.3 is 20.2 Å². The largest absolute Gasteiger partial charge is 0.478 e. The fraction of sp³-hybridized carbons (Fsp3) is 0.333. The van der Waals surface area contributed by atoms with E-state index in [0.717, 1.165) is 5.69 Å². The second kappa shape index (κ2) is 11.2. The minimum Gasteiger partial charge on any atom is -0.478 e. The number of carboxylic acids is 2. The molecule has 0 aromatic heterocycles. The number of aliphatic hydroxyl groups is 1. The molecule has 0 radical (unpaired) electrons. The fourth-order valence-corrected chi connectivity index (χ4v) is 1.64. The minimum atomic E-state index is -1.26.